The van der Waals surface area contributed by atoms with Crippen molar-refractivity contribution in [1.82, 2.24) is 5.32 Å². The van der Waals surface area contributed by atoms with E-state index < -0.39 is 5.97 Å². The van der Waals surface area contributed by atoms with Crippen LogP contribution < -0.4 is 10.1 Å². The average Bonchev–Trinajstić information content (AvgIpc) is 2.82. The molecule has 0 aliphatic carbocycles. The Labute approximate surface area is 220 Å². The predicted molar refractivity (Wildman–Crippen MR) is 148 cm³/mol. The molecular formula is C32H39NO4. The lowest BCUT2D eigenvalue weighted by atomic mass is 9.93. The molecule has 0 radical (unpaired) electrons. The standard InChI is InChI=1S/C32H39NO4/c1-20(2)13-30(27-15-21(3)14-22(4)16-27)33-32(36)29-18-28(11-9-26(29)10-12-31(34)35)37-19-25-8-7-23(5)24(6)17-25/h7-9,11,14-18,20,30H,10,12-13,19H2,1-6H3,(H,33,36)(H,34,35). The van der Waals surface area contributed by atoms with Crippen molar-refractivity contribution in [2.45, 2.75) is 73.5 Å². The second-order valence-corrected chi connectivity index (χ2v) is 10.5. The van der Waals surface area contributed by atoms with Gasteiger partial charge in [0.1, 0.15) is 12.4 Å². The van der Waals surface area contributed by atoms with Crippen molar-refractivity contribution in [2.75, 3.05) is 0 Å². The fourth-order valence-corrected chi connectivity index (χ4v) is 4.57. The first-order valence-electron chi connectivity index (χ1n) is 12.9. The molecule has 0 aromatic heterocycles. The molecule has 1 unspecified atom stereocenters. The first kappa shape index (κ1) is 28.0. The average molecular weight is 502 g/mol. The summed E-state index contributed by atoms with van der Waals surface area (Å²) >= 11 is 0. The minimum absolute atomic E-state index is 0.0460. The SMILES string of the molecule is Cc1cc(C)cc(C(CC(C)C)NC(=O)c2cc(OCc3ccc(C)c(C)c3)ccc2CCC(=O)O)c1. The molecule has 196 valence electrons. The van der Waals surface area contributed by atoms with Gasteiger partial charge in [-0.05, 0) is 86.4 Å². The summed E-state index contributed by atoms with van der Waals surface area (Å²) in [4.78, 5) is 24.9. The van der Waals surface area contributed by atoms with Crippen LogP contribution in [0.2, 0.25) is 0 Å². The molecule has 5 nitrogen and oxygen atoms in total. The normalized spacial score (nSPS) is 11.9. The topological polar surface area (TPSA) is 75.6 Å². The van der Waals surface area contributed by atoms with Crippen molar-refractivity contribution >= 4 is 11.9 Å². The van der Waals surface area contributed by atoms with Gasteiger partial charge >= 0.3 is 5.97 Å². The minimum Gasteiger partial charge on any atom is -0.489 e. The van der Waals surface area contributed by atoms with Crippen LogP contribution in [0.5, 0.6) is 5.75 Å². The van der Waals surface area contributed by atoms with E-state index in [0.29, 0.717) is 29.4 Å². The zero-order valence-electron chi connectivity index (χ0n) is 22.9. The van der Waals surface area contributed by atoms with Gasteiger partial charge in [-0.15, -0.1) is 0 Å². The van der Waals surface area contributed by atoms with E-state index in [-0.39, 0.29) is 24.8 Å². The van der Waals surface area contributed by atoms with Crippen LogP contribution in [-0.4, -0.2) is 17.0 Å². The highest BCUT2D eigenvalue weighted by molar-refractivity contribution is 5.96. The first-order valence-corrected chi connectivity index (χ1v) is 12.9. The smallest absolute Gasteiger partial charge is 0.303 e. The van der Waals surface area contributed by atoms with E-state index in [1.807, 2.05) is 18.2 Å². The van der Waals surface area contributed by atoms with Gasteiger partial charge in [-0.25, -0.2) is 0 Å². The van der Waals surface area contributed by atoms with E-state index in [1.54, 1.807) is 6.07 Å². The van der Waals surface area contributed by atoms with Crippen LogP contribution in [0.1, 0.15) is 82.0 Å². The Hall–Kier alpha value is -3.60. The van der Waals surface area contributed by atoms with Crippen LogP contribution in [0, 0.1) is 33.6 Å². The van der Waals surface area contributed by atoms with Crippen LogP contribution >= 0.6 is 0 Å². The first-order chi connectivity index (χ1) is 17.5. The molecule has 0 spiro atoms. The quantitative estimate of drug-likeness (QED) is 0.296. The van der Waals surface area contributed by atoms with Crippen LogP contribution in [0.4, 0.5) is 0 Å². The van der Waals surface area contributed by atoms with Crippen LogP contribution in [0.15, 0.2) is 54.6 Å². The van der Waals surface area contributed by atoms with Gasteiger partial charge in [-0.3, -0.25) is 9.59 Å². The summed E-state index contributed by atoms with van der Waals surface area (Å²) in [6.07, 6.45) is 1.02. The molecule has 5 heteroatoms. The summed E-state index contributed by atoms with van der Waals surface area (Å²) < 4.78 is 6.05. The number of benzene rings is 3. The van der Waals surface area contributed by atoms with Gasteiger partial charge in [0.25, 0.3) is 5.91 Å². The van der Waals surface area contributed by atoms with E-state index in [2.05, 4.69) is 77.2 Å². The molecule has 3 aromatic rings. The number of ether oxygens (including phenoxy) is 1. The van der Waals surface area contributed by atoms with Crippen LogP contribution in [0.3, 0.4) is 0 Å². The molecule has 0 fully saturated rings. The highest BCUT2D eigenvalue weighted by atomic mass is 16.5. The van der Waals surface area contributed by atoms with E-state index in [1.165, 1.54) is 11.1 Å². The van der Waals surface area contributed by atoms with E-state index in [4.69, 9.17) is 4.74 Å². The van der Waals surface area contributed by atoms with Crippen molar-refractivity contribution < 1.29 is 19.4 Å². The number of hydrogen-bond acceptors (Lipinski definition) is 3. The number of aryl methyl sites for hydroxylation is 5. The number of nitrogens with one attached hydrogen (secondary N) is 1. The highest BCUT2D eigenvalue weighted by Crippen LogP contribution is 2.26. The fourth-order valence-electron chi connectivity index (χ4n) is 4.57. The molecular weight excluding hydrogens is 462 g/mol. The molecule has 37 heavy (non-hydrogen) atoms. The van der Waals surface area contributed by atoms with E-state index in [9.17, 15) is 14.7 Å². The summed E-state index contributed by atoms with van der Waals surface area (Å²) in [6.45, 7) is 12.9. The van der Waals surface area contributed by atoms with Crippen molar-refractivity contribution in [2.24, 2.45) is 5.92 Å². The summed E-state index contributed by atoms with van der Waals surface area (Å²) in [5.41, 5.74) is 8.02. The maximum Gasteiger partial charge on any atom is 0.303 e. The number of amides is 1. The van der Waals surface area contributed by atoms with Gasteiger partial charge in [0, 0.05) is 12.0 Å². The largest absolute Gasteiger partial charge is 0.489 e. The zero-order valence-corrected chi connectivity index (χ0v) is 22.9. The maximum atomic E-state index is 13.6. The number of carbonyl (C=O) groups is 2. The van der Waals surface area contributed by atoms with Crippen molar-refractivity contribution in [3.63, 3.8) is 0 Å². The van der Waals surface area contributed by atoms with Gasteiger partial charge in [0.05, 0.1) is 6.04 Å². The molecule has 3 aromatic carbocycles. The van der Waals surface area contributed by atoms with E-state index >= 15 is 0 Å². The van der Waals surface area contributed by atoms with Gasteiger partial charge in [0.15, 0.2) is 0 Å². The third-order valence-electron chi connectivity index (χ3n) is 6.57. The molecule has 0 saturated carbocycles. The minimum atomic E-state index is -0.894. The van der Waals surface area contributed by atoms with Crippen molar-refractivity contribution in [3.8, 4) is 5.75 Å². The lowest BCUT2D eigenvalue weighted by Crippen LogP contribution is -2.30. The Bertz CT molecular complexity index is 1240. The van der Waals surface area contributed by atoms with Gasteiger partial charge in [-0.2, -0.15) is 0 Å². The number of aliphatic carboxylic acids is 1. The lowest BCUT2D eigenvalue weighted by Gasteiger charge is -2.23. The maximum absolute atomic E-state index is 13.6. The Kier molecular flexibility index (Phi) is 9.51. The monoisotopic (exact) mass is 501 g/mol. The molecule has 1 atom stereocenters. The third-order valence-corrected chi connectivity index (χ3v) is 6.57. The Morgan fingerprint density at radius 3 is 2.22 bits per heavy atom. The Morgan fingerprint density at radius 2 is 1.59 bits per heavy atom. The molecule has 0 aliphatic heterocycles. The zero-order chi connectivity index (χ0) is 27.1. The molecule has 1 amide bonds. The molecule has 0 saturated heterocycles. The number of carboxylic acids is 1. The van der Waals surface area contributed by atoms with Gasteiger partial charge in [-0.1, -0.05) is 67.4 Å². The summed E-state index contributed by atoms with van der Waals surface area (Å²) in [5, 5.41) is 12.5. The second kappa shape index (κ2) is 12.6. The Balaban J connectivity index is 1.88. The highest BCUT2D eigenvalue weighted by Gasteiger charge is 2.21. The van der Waals surface area contributed by atoms with E-state index in [0.717, 1.165) is 28.7 Å². The molecule has 3 rings (SSSR count). The summed E-state index contributed by atoms with van der Waals surface area (Å²) in [6, 6.07) is 17.8. The Morgan fingerprint density at radius 1 is 0.892 bits per heavy atom. The van der Waals surface area contributed by atoms with Crippen LogP contribution in [-0.2, 0) is 17.8 Å². The number of carboxylic acid groups (broad SMARTS) is 1. The third kappa shape index (κ3) is 8.21. The van der Waals surface area contributed by atoms with Gasteiger partial charge in [0.2, 0.25) is 0 Å². The van der Waals surface area contributed by atoms with Gasteiger partial charge < -0.3 is 15.2 Å². The summed E-state index contributed by atoms with van der Waals surface area (Å²) in [5.74, 6) is -0.157. The summed E-state index contributed by atoms with van der Waals surface area (Å²) in [7, 11) is 0. The molecule has 0 aliphatic rings. The molecule has 0 heterocycles. The number of hydrogen-bond donors (Lipinski definition) is 2. The van der Waals surface area contributed by atoms with Crippen molar-refractivity contribution in [1.29, 1.82) is 0 Å². The predicted octanol–water partition coefficient (Wildman–Crippen LogP) is 7.03. The fraction of sp³-hybridized carbons (Fsp3) is 0.375. The van der Waals surface area contributed by atoms with Crippen LogP contribution in [0.25, 0.3) is 0 Å². The number of rotatable bonds is 11. The second-order valence-electron chi connectivity index (χ2n) is 10.5. The lowest BCUT2D eigenvalue weighted by molar-refractivity contribution is -0.136. The molecule has 0 bridgehead atoms. The van der Waals surface area contributed by atoms with Crippen molar-refractivity contribution in [3.05, 3.63) is 99.1 Å². The number of carbonyl (C=O) groups excluding carboxylic acids is 1. The molecule has 2 N–H and O–H groups in total.